The summed E-state index contributed by atoms with van der Waals surface area (Å²) < 4.78 is 0. The predicted molar refractivity (Wildman–Crippen MR) is 55.9 cm³/mol. The third kappa shape index (κ3) is 1.65. The highest BCUT2D eigenvalue weighted by Crippen LogP contribution is 2.27. The maximum atomic E-state index is 12.1. The predicted octanol–water partition coefficient (Wildman–Crippen LogP) is 0.853. The van der Waals surface area contributed by atoms with E-state index in [0.29, 0.717) is 17.9 Å². The lowest BCUT2D eigenvalue weighted by Crippen LogP contribution is -2.45. The fourth-order valence-corrected chi connectivity index (χ4v) is 2.36. The van der Waals surface area contributed by atoms with Crippen LogP contribution in [0.15, 0.2) is 0 Å². The molecule has 1 aliphatic carbocycles. The van der Waals surface area contributed by atoms with E-state index in [1.54, 1.807) is 0 Å². The number of hydrogen-bond acceptors (Lipinski definition) is 2. The highest BCUT2D eigenvalue weighted by molar-refractivity contribution is 5.79. The van der Waals surface area contributed by atoms with Crippen molar-refractivity contribution in [1.82, 2.24) is 10.2 Å². The van der Waals surface area contributed by atoms with Gasteiger partial charge in [-0.15, -0.1) is 0 Å². The van der Waals surface area contributed by atoms with Crippen molar-refractivity contribution < 1.29 is 4.79 Å². The lowest BCUT2D eigenvalue weighted by atomic mass is 9.89. The molecule has 1 amide bonds. The zero-order valence-electron chi connectivity index (χ0n) is 9.12. The topological polar surface area (TPSA) is 32.3 Å². The molecule has 3 nitrogen and oxygen atoms in total. The van der Waals surface area contributed by atoms with Crippen LogP contribution < -0.4 is 5.32 Å². The molecule has 0 spiro atoms. The number of nitrogens with one attached hydrogen (secondary N) is 1. The molecule has 80 valence electrons. The van der Waals surface area contributed by atoms with Crippen molar-refractivity contribution in [3.63, 3.8) is 0 Å². The van der Waals surface area contributed by atoms with Crippen molar-refractivity contribution in [2.45, 2.75) is 32.2 Å². The molecule has 0 aromatic rings. The summed E-state index contributed by atoms with van der Waals surface area (Å²) in [7, 11) is 1.97. The summed E-state index contributed by atoms with van der Waals surface area (Å²) in [5.74, 6) is 1.08. The van der Waals surface area contributed by atoms with Crippen LogP contribution >= 0.6 is 0 Å². The largest absolute Gasteiger partial charge is 0.342 e. The second-order valence-corrected chi connectivity index (χ2v) is 4.78. The first kappa shape index (κ1) is 9.97. The van der Waals surface area contributed by atoms with Gasteiger partial charge < -0.3 is 10.2 Å². The quantitative estimate of drug-likeness (QED) is 0.710. The highest BCUT2D eigenvalue weighted by Gasteiger charge is 2.35. The van der Waals surface area contributed by atoms with E-state index in [1.165, 1.54) is 19.3 Å². The van der Waals surface area contributed by atoms with Crippen molar-refractivity contribution in [3.8, 4) is 0 Å². The van der Waals surface area contributed by atoms with Gasteiger partial charge in [0.2, 0.25) is 5.91 Å². The molecule has 2 rings (SSSR count). The van der Waals surface area contributed by atoms with Crippen LogP contribution in [0.2, 0.25) is 0 Å². The van der Waals surface area contributed by atoms with E-state index < -0.39 is 0 Å². The Bertz CT molecular complexity index is 225. The fourth-order valence-electron chi connectivity index (χ4n) is 2.36. The summed E-state index contributed by atoms with van der Waals surface area (Å²) in [4.78, 5) is 14.1. The maximum absolute atomic E-state index is 12.1. The average Bonchev–Trinajstić information content (AvgIpc) is 2.47. The van der Waals surface area contributed by atoms with E-state index in [4.69, 9.17) is 0 Å². The van der Waals surface area contributed by atoms with E-state index in [1.807, 2.05) is 11.9 Å². The molecule has 1 N–H and O–H groups in total. The molecule has 0 aromatic carbocycles. The molecule has 2 atom stereocenters. The van der Waals surface area contributed by atoms with Gasteiger partial charge >= 0.3 is 0 Å². The minimum Gasteiger partial charge on any atom is -0.342 e. The molecule has 2 aliphatic rings. The van der Waals surface area contributed by atoms with E-state index >= 15 is 0 Å². The number of carbonyl (C=O) groups is 1. The summed E-state index contributed by atoms with van der Waals surface area (Å²) in [6.45, 7) is 4.03. The summed E-state index contributed by atoms with van der Waals surface area (Å²) in [6, 6.07) is 0.537. The molecule has 1 aliphatic heterocycles. The van der Waals surface area contributed by atoms with Crippen molar-refractivity contribution in [1.29, 1.82) is 0 Å². The van der Waals surface area contributed by atoms with Gasteiger partial charge in [0.1, 0.15) is 0 Å². The Kier molecular flexibility index (Phi) is 2.77. The van der Waals surface area contributed by atoms with E-state index in [0.717, 1.165) is 13.1 Å². The van der Waals surface area contributed by atoms with Crippen molar-refractivity contribution in [2.24, 2.45) is 11.8 Å². The van der Waals surface area contributed by atoms with Crippen LogP contribution in [0.3, 0.4) is 0 Å². The van der Waals surface area contributed by atoms with Gasteiger partial charge in [-0.3, -0.25) is 4.79 Å². The summed E-state index contributed by atoms with van der Waals surface area (Å²) >= 11 is 0. The second kappa shape index (κ2) is 3.89. The molecule has 0 bridgehead atoms. The minimum absolute atomic E-state index is 0.223. The Labute approximate surface area is 85.8 Å². The van der Waals surface area contributed by atoms with E-state index in [2.05, 4.69) is 12.2 Å². The van der Waals surface area contributed by atoms with Crippen LogP contribution in [0, 0.1) is 11.8 Å². The molecular weight excluding hydrogens is 176 g/mol. The first-order chi connectivity index (χ1) is 6.70. The number of hydrogen-bond donors (Lipinski definition) is 1. The molecular formula is C11H20N2O. The Morgan fingerprint density at radius 1 is 1.36 bits per heavy atom. The Morgan fingerprint density at radius 2 is 2.07 bits per heavy atom. The summed E-state index contributed by atoms with van der Waals surface area (Å²) in [6.07, 6.45) is 3.70. The monoisotopic (exact) mass is 196 g/mol. The SMILES string of the molecule is C[C@@H]1CNC[C@H]1C(=O)N(C)C1CCC1. The van der Waals surface area contributed by atoms with Crippen LogP contribution in [-0.2, 0) is 4.79 Å². The number of nitrogens with zero attached hydrogens (tertiary/aromatic N) is 1. The molecule has 1 heterocycles. The normalized spacial score (nSPS) is 32.7. The lowest BCUT2D eigenvalue weighted by Gasteiger charge is -2.36. The lowest BCUT2D eigenvalue weighted by molar-refractivity contribution is -0.138. The van der Waals surface area contributed by atoms with Gasteiger partial charge in [-0.2, -0.15) is 0 Å². The fraction of sp³-hybridized carbons (Fsp3) is 0.909. The standard InChI is InChI=1S/C11H20N2O/c1-8-6-12-7-10(8)11(14)13(2)9-4-3-5-9/h8-10,12H,3-7H2,1-2H3/t8-,10-/m1/s1. The minimum atomic E-state index is 0.223. The van der Waals surface area contributed by atoms with Crippen LogP contribution in [-0.4, -0.2) is 37.0 Å². The van der Waals surface area contributed by atoms with Crippen LogP contribution in [0.5, 0.6) is 0 Å². The van der Waals surface area contributed by atoms with Gasteiger partial charge in [-0.25, -0.2) is 0 Å². The molecule has 3 heteroatoms. The Balaban J connectivity index is 1.92. The first-order valence-corrected chi connectivity index (χ1v) is 5.67. The summed E-state index contributed by atoms with van der Waals surface area (Å²) in [5, 5.41) is 3.29. The van der Waals surface area contributed by atoms with Crippen molar-refractivity contribution in [2.75, 3.05) is 20.1 Å². The molecule has 2 fully saturated rings. The van der Waals surface area contributed by atoms with Gasteiger partial charge in [-0.05, 0) is 31.7 Å². The number of rotatable bonds is 2. The van der Waals surface area contributed by atoms with Gasteiger partial charge in [0.05, 0.1) is 5.92 Å². The number of carbonyl (C=O) groups excluding carboxylic acids is 1. The van der Waals surface area contributed by atoms with Gasteiger partial charge in [0, 0.05) is 19.6 Å². The number of amides is 1. The van der Waals surface area contributed by atoms with Crippen LogP contribution in [0.4, 0.5) is 0 Å². The highest BCUT2D eigenvalue weighted by atomic mass is 16.2. The van der Waals surface area contributed by atoms with Crippen LogP contribution in [0.25, 0.3) is 0 Å². The van der Waals surface area contributed by atoms with Crippen molar-refractivity contribution in [3.05, 3.63) is 0 Å². The van der Waals surface area contributed by atoms with Crippen molar-refractivity contribution >= 4 is 5.91 Å². The molecule has 0 aromatic heterocycles. The van der Waals surface area contributed by atoms with Crippen LogP contribution in [0.1, 0.15) is 26.2 Å². The molecule has 1 saturated carbocycles. The van der Waals surface area contributed by atoms with Gasteiger partial charge in [0.15, 0.2) is 0 Å². The van der Waals surface area contributed by atoms with Gasteiger partial charge in [0.25, 0.3) is 0 Å². The molecule has 14 heavy (non-hydrogen) atoms. The van der Waals surface area contributed by atoms with Gasteiger partial charge in [-0.1, -0.05) is 6.92 Å². The summed E-state index contributed by atoms with van der Waals surface area (Å²) in [5.41, 5.74) is 0. The molecule has 1 saturated heterocycles. The second-order valence-electron chi connectivity index (χ2n) is 4.78. The Hall–Kier alpha value is -0.570. The Morgan fingerprint density at radius 3 is 2.50 bits per heavy atom. The first-order valence-electron chi connectivity index (χ1n) is 5.67. The van der Waals surface area contributed by atoms with E-state index in [-0.39, 0.29) is 5.92 Å². The zero-order valence-corrected chi connectivity index (χ0v) is 9.12. The third-order valence-corrected chi connectivity index (χ3v) is 3.80. The molecule has 0 radical (unpaired) electrons. The smallest absolute Gasteiger partial charge is 0.227 e. The van der Waals surface area contributed by atoms with E-state index in [9.17, 15) is 4.79 Å². The zero-order chi connectivity index (χ0) is 10.1. The molecule has 0 unspecified atom stereocenters. The maximum Gasteiger partial charge on any atom is 0.227 e. The average molecular weight is 196 g/mol. The third-order valence-electron chi connectivity index (χ3n) is 3.80.